The monoisotopic (exact) mass is 458 g/mol. The molecule has 0 amide bonds. The predicted molar refractivity (Wildman–Crippen MR) is 116 cm³/mol. The number of carbonyl (C=O) groups excluding carboxylic acids is 4. The van der Waals surface area contributed by atoms with E-state index in [4.69, 9.17) is 18.9 Å². The van der Waals surface area contributed by atoms with Crippen molar-refractivity contribution >= 4 is 23.9 Å². The van der Waals surface area contributed by atoms with E-state index in [-0.39, 0.29) is 61.6 Å². The maximum absolute atomic E-state index is 11.8. The molecule has 0 aromatic carbocycles. The number of esters is 4. The molecule has 10 nitrogen and oxygen atoms in total. The Morgan fingerprint density at radius 1 is 0.562 bits per heavy atom. The Kier molecular flexibility index (Phi) is 13.5. The van der Waals surface area contributed by atoms with Gasteiger partial charge in [0.2, 0.25) is 0 Å². The van der Waals surface area contributed by atoms with Gasteiger partial charge in [0.15, 0.2) is 0 Å². The first-order valence-electron chi connectivity index (χ1n) is 11.1. The molecule has 0 N–H and O–H groups in total. The van der Waals surface area contributed by atoms with Gasteiger partial charge in [-0.05, 0) is 12.8 Å². The Labute approximate surface area is 190 Å². The Morgan fingerprint density at radius 3 is 1.03 bits per heavy atom. The summed E-state index contributed by atoms with van der Waals surface area (Å²) in [5.41, 5.74) is 0. The van der Waals surface area contributed by atoms with Crippen LogP contribution in [0, 0.1) is 0 Å². The number of carbonyl (C=O) groups is 4. The number of ether oxygens (including phenoxy) is 4. The van der Waals surface area contributed by atoms with E-state index in [1.807, 2.05) is 0 Å². The van der Waals surface area contributed by atoms with E-state index in [0.717, 1.165) is 25.7 Å². The van der Waals surface area contributed by atoms with Crippen molar-refractivity contribution in [2.45, 2.75) is 63.5 Å². The summed E-state index contributed by atoms with van der Waals surface area (Å²) >= 11 is 0. The van der Waals surface area contributed by atoms with Gasteiger partial charge in [-0.25, -0.2) is 0 Å². The van der Waals surface area contributed by atoms with E-state index in [0.29, 0.717) is 26.2 Å². The zero-order valence-electron chi connectivity index (χ0n) is 19.8. The highest BCUT2D eigenvalue weighted by molar-refractivity contribution is 5.70. The number of nitrogens with zero attached hydrogens (tertiary/aromatic N) is 2. The third kappa shape index (κ3) is 9.95. The van der Waals surface area contributed by atoms with Crippen molar-refractivity contribution in [3.05, 3.63) is 0 Å². The number of hydrogen-bond acceptors (Lipinski definition) is 10. The SMILES string of the molecule is COC(=O)CCN(CCC(=O)OC)C1CCCCC1N(CCC(=O)OC)CCC(=O)OC. The minimum Gasteiger partial charge on any atom is -0.469 e. The summed E-state index contributed by atoms with van der Waals surface area (Å²) < 4.78 is 19.2. The number of rotatable bonds is 14. The van der Waals surface area contributed by atoms with Gasteiger partial charge in [-0.3, -0.25) is 29.0 Å². The van der Waals surface area contributed by atoms with Crippen LogP contribution in [0.3, 0.4) is 0 Å². The van der Waals surface area contributed by atoms with Crippen LogP contribution in [0.25, 0.3) is 0 Å². The highest BCUT2D eigenvalue weighted by Crippen LogP contribution is 2.28. The first kappa shape index (κ1) is 27.8. The van der Waals surface area contributed by atoms with Crippen molar-refractivity contribution in [1.82, 2.24) is 9.80 Å². The molecule has 0 aromatic rings. The molecule has 1 aliphatic rings. The van der Waals surface area contributed by atoms with Crippen LogP contribution in [0.1, 0.15) is 51.4 Å². The van der Waals surface area contributed by atoms with Gasteiger partial charge >= 0.3 is 23.9 Å². The van der Waals surface area contributed by atoms with Crippen LogP contribution in [-0.4, -0.2) is 100 Å². The molecule has 0 aromatic heterocycles. The summed E-state index contributed by atoms with van der Waals surface area (Å²) in [5.74, 6) is -1.25. The molecule has 0 heterocycles. The van der Waals surface area contributed by atoms with Crippen LogP contribution >= 0.6 is 0 Å². The van der Waals surface area contributed by atoms with Gasteiger partial charge in [-0.15, -0.1) is 0 Å². The van der Waals surface area contributed by atoms with Crippen LogP contribution in [-0.2, 0) is 38.1 Å². The molecule has 10 heteroatoms. The first-order chi connectivity index (χ1) is 15.4. The molecule has 2 unspecified atom stereocenters. The number of methoxy groups -OCH3 is 4. The standard InChI is InChI=1S/C22H38N2O8/c1-29-19(25)9-13-23(14-10-20(26)30-2)17-7-5-6-8-18(17)24(15-11-21(27)31-3)16-12-22(28)32-4/h17-18H,5-16H2,1-4H3. The van der Waals surface area contributed by atoms with Crippen molar-refractivity contribution in [3.63, 3.8) is 0 Å². The lowest BCUT2D eigenvalue weighted by Crippen LogP contribution is -2.55. The molecule has 1 saturated carbocycles. The average molecular weight is 459 g/mol. The maximum Gasteiger partial charge on any atom is 0.306 e. The molecule has 0 bridgehead atoms. The van der Waals surface area contributed by atoms with E-state index < -0.39 is 0 Å². The van der Waals surface area contributed by atoms with Crippen molar-refractivity contribution < 1.29 is 38.1 Å². The van der Waals surface area contributed by atoms with Crippen LogP contribution in [0.15, 0.2) is 0 Å². The Hall–Kier alpha value is -2.20. The lowest BCUT2D eigenvalue weighted by molar-refractivity contribution is -0.144. The molecule has 0 aliphatic heterocycles. The largest absolute Gasteiger partial charge is 0.469 e. The minimum absolute atomic E-state index is 0.0633. The van der Waals surface area contributed by atoms with Crippen molar-refractivity contribution in [3.8, 4) is 0 Å². The first-order valence-corrected chi connectivity index (χ1v) is 11.1. The zero-order chi connectivity index (χ0) is 23.9. The second kappa shape index (κ2) is 15.6. The van der Waals surface area contributed by atoms with Gasteiger partial charge in [0.1, 0.15) is 0 Å². The van der Waals surface area contributed by atoms with Gasteiger partial charge in [-0.1, -0.05) is 12.8 Å². The van der Waals surface area contributed by atoms with E-state index >= 15 is 0 Å². The summed E-state index contributed by atoms with van der Waals surface area (Å²) in [6, 6.07) is 0.127. The third-order valence-electron chi connectivity index (χ3n) is 5.96. The van der Waals surface area contributed by atoms with Gasteiger partial charge in [-0.2, -0.15) is 0 Å². The van der Waals surface area contributed by atoms with Gasteiger partial charge in [0.25, 0.3) is 0 Å². The molecule has 0 spiro atoms. The van der Waals surface area contributed by atoms with Crippen LogP contribution < -0.4 is 0 Å². The summed E-state index contributed by atoms with van der Waals surface area (Å²) in [7, 11) is 5.41. The lowest BCUT2D eigenvalue weighted by atomic mass is 9.87. The van der Waals surface area contributed by atoms with Crippen LogP contribution in [0.5, 0.6) is 0 Å². The summed E-state index contributed by atoms with van der Waals surface area (Å²) in [6.45, 7) is 1.80. The number of hydrogen-bond donors (Lipinski definition) is 0. The highest BCUT2D eigenvalue weighted by atomic mass is 16.5. The van der Waals surface area contributed by atoms with Gasteiger partial charge < -0.3 is 18.9 Å². The van der Waals surface area contributed by atoms with Crippen LogP contribution in [0.4, 0.5) is 0 Å². The van der Waals surface area contributed by atoms with Crippen LogP contribution in [0.2, 0.25) is 0 Å². The topological polar surface area (TPSA) is 112 Å². The molecule has 1 fully saturated rings. The second-order valence-electron chi connectivity index (χ2n) is 7.80. The van der Waals surface area contributed by atoms with Gasteiger partial charge in [0.05, 0.1) is 54.1 Å². The molecule has 2 atom stereocenters. The van der Waals surface area contributed by atoms with Crippen molar-refractivity contribution in [2.24, 2.45) is 0 Å². The van der Waals surface area contributed by atoms with E-state index in [1.54, 1.807) is 0 Å². The highest BCUT2D eigenvalue weighted by Gasteiger charge is 2.34. The van der Waals surface area contributed by atoms with E-state index in [9.17, 15) is 19.2 Å². The fourth-order valence-electron chi connectivity index (χ4n) is 4.18. The zero-order valence-corrected chi connectivity index (χ0v) is 19.8. The fraction of sp³-hybridized carbons (Fsp3) is 0.818. The third-order valence-corrected chi connectivity index (χ3v) is 5.96. The summed E-state index contributed by atoms with van der Waals surface area (Å²) in [6.07, 6.45) is 4.68. The maximum atomic E-state index is 11.8. The van der Waals surface area contributed by atoms with Gasteiger partial charge in [0, 0.05) is 38.3 Å². The lowest BCUT2D eigenvalue weighted by Gasteiger charge is -2.45. The molecule has 0 radical (unpaired) electrons. The smallest absolute Gasteiger partial charge is 0.306 e. The summed E-state index contributed by atoms with van der Waals surface area (Å²) in [5, 5.41) is 0. The Balaban J connectivity index is 3.03. The van der Waals surface area contributed by atoms with Crippen molar-refractivity contribution in [2.75, 3.05) is 54.6 Å². The predicted octanol–water partition coefficient (Wildman–Crippen LogP) is 1.15. The summed E-state index contributed by atoms with van der Waals surface area (Å²) in [4.78, 5) is 51.4. The molecule has 0 saturated heterocycles. The van der Waals surface area contributed by atoms with Crippen molar-refractivity contribution in [1.29, 1.82) is 0 Å². The average Bonchev–Trinajstić information content (AvgIpc) is 2.83. The molecule has 1 aliphatic carbocycles. The minimum atomic E-state index is -0.311. The molecule has 1 rings (SSSR count). The van der Waals surface area contributed by atoms with E-state index in [2.05, 4.69) is 9.80 Å². The molecule has 184 valence electrons. The molecule has 32 heavy (non-hydrogen) atoms. The fourth-order valence-corrected chi connectivity index (χ4v) is 4.18. The normalized spacial score (nSPS) is 18.3. The second-order valence-corrected chi connectivity index (χ2v) is 7.80. The van der Waals surface area contributed by atoms with E-state index in [1.165, 1.54) is 28.4 Å². The molecular weight excluding hydrogens is 420 g/mol. The Morgan fingerprint density at radius 2 is 0.812 bits per heavy atom. The Bertz CT molecular complexity index is 521. The quantitative estimate of drug-likeness (QED) is 0.278. The molecular formula is C22H38N2O8.